The van der Waals surface area contributed by atoms with Gasteiger partial charge in [-0.3, -0.25) is 19.2 Å². The number of halogens is 1. The number of ether oxygens (including phenoxy) is 3. The number of esters is 1. The number of aromatic nitrogens is 2. The van der Waals surface area contributed by atoms with Crippen LogP contribution < -0.4 is 9.47 Å². The third-order valence-electron chi connectivity index (χ3n) is 12.2. The maximum absolute atomic E-state index is 14.7. The van der Waals surface area contributed by atoms with Crippen molar-refractivity contribution in [1.82, 2.24) is 14.9 Å². The van der Waals surface area contributed by atoms with Gasteiger partial charge in [0.1, 0.15) is 39.4 Å². The van der Waals surface area contributed by atoms with Crippen molar-refractivity contribution >= 4 is 57.5 Å². The lowest BCUT2D eigenvalue weighted by Crippen LogP contribution is -2.48. The predicted molar refractivity (Wildman–Crippen MR) is 209 cm³/mol. The number of amides is 1. The Balaban J connectivity index is 1.21. The molecule has 0 bridgehead atoms. The molecule has 2 aromatic heterocycles. The van der Waals surface area contributed by atoms with E-state index in [2.05, 4.69) is 20.4 Å². The monoisotopic (exact) mass is 791 g/mol. The van der Waals surface area contributed by atoms with Crippen LogP contribution in [0.15, 0.2) is 36.2 Å². The highest BCUT2D eigenvalue weighted by molar-refractivity contribution is 7.13. The number of hydrogen-bond acceptors (Lipinski definition) is 10. The van der Waals surface area contributed by atoms with Crippen LogP contribution in [0.3, 0.4) is 0 Å². The van der Waals surface area contributed by atoms with Gasteiger partial charge in [0.25, 0.3) is 0 Å². The van der Waals surface area contributed by atoms with Crippen molar-refractivity contribution in [1.29, 1.82) is 0 Å². The molecule has 4 fully saturated rings. The molecular formula is C42H50ClN3O8S. The van der Waals surface area contributed by atoms with Crippen molar-refractivity contribution < 1.29 is 38.5 Å². The van der Waals surface area contributed by atoms with Gasteiger partial charge in [0.05, 0.1) is 48.7 Å². The SMILES string of the molecule is C=C[C@@H]1C[C@]1(CC(=O)[C@@H]1C[C@@H](Oc2cc(-c3nc(C(C)C)cs3)nc3c(Cl)c(OC)ccc23)CN1C(=O)[C@@H](CC(=O)OC1C[C@@H]2C[C@@H]2C1)C(C)(C)C)C(=O)O. The number of hydrogen-bond donors (Lipinski definition) is 1. The fourth-order valence-corrected chi connectivity index (χ4v) is 9.79. The highest BCUT2D eigenvalue weighted by Crippen LogP contribution is 2.57. The average Bonchev–Trinajstić information content (AvgIpc) is 3.77. The molecule has 8 atom stereocenters. The number of nitrogens with zero attached hydrogens (tertiary/aromatic N) is 3. The van der Waals surface area contributed by atoms with Crippen LogP contribution >= 0.6 is 22.9 Å². The minimum absolute atomic E-state index is 0.0472. The number of carboxylic acid groups (broad SMARTS) is 1. The molecule has 1 aliphatic heterocycles. The molecule has 1 amide bonds. The Bertz CT molecular complexity index is 2030. The average molecular weight is 792 g/mol. The summed E-state index contributed by atoms with van der Waals surface area (Å²) < 4.78 is 18.1. The Labute approximate surface area is 330 Å². The van der Waals surface area contributed by atoms with Gasteiger partial charge in [0.15, 0.2) is 5.78 Å². The summed E-state index contributed by atoms with van der Waals surface area (Å²) in [6.45, 7) is 13.7. The van der Waals surface area contributed by atoms with Crippen molar-refractivity contribution in [2.75, 3.05) is 13.7 Å². The molecule has 3 aliphatic carbocycles. The lowest BCUT2D eigenvalue weighted by molar-refractivity contribution is -0.157. The van der Waals surface area contributed by atoms with Crippen molar-refractivity contribution in [3.05, 3.63) is 47.0 Å². The number of aliphatic carboxylic acids is 1. The minimum atomic E-state index is -1.25. The molecule has 1 unspecified atom stereocenters. The zero-order valence-electron chi connectivity index (χ0n) is 32.3. The number of carboxylic acids is 1. The van der Waals surface area contributed by atoms with E-state index < -0.39 is 40.8 Å². The first kappa shape index (κ1) is 39.2. The third-order valence-corrected chi connectivity index (χ3v) is 13.4. The topological polar surface area (TPSA) is 145 Å². The maximum Gasteiger partial charge on any atom is 0.310 e. The number of ketones is 1. The molecule has 3 aromatic rings. The van der Waals surface area contributed by atoms with E-state index in [0.29, 0.717) is 56.4 Å². The zero-order chi connectivity index (χ0) is 39.6. The summed E-state index contributed by atoms with van der Waals surface area (Å²) in [4.78, 5) is 66.0. The van der Waals surface area contributed by atoms with Gasteiger partial charge in [-0.1, -0.05) is 52.3 Å². The molecule has 3 heterocycles. The van der Waals surface area contributed by atoms with E-state index in [1.165, 1.54) is 29.8 Å². The minimum Gasteiger partial charge on any atom is -0.495 e. The van der Waals surface area contributed by atoms with E-state index in [1.807, 2.05) is 32.2 Å². The second-order valence-corrected chi connectivity index (χ2v) is 18.5. The largest absolute Gasteiger partial charge is 0.495 e. The van der Waals surface area contributed by atoms with Gasteiger partial charge in [-0.25, -0.2) is 9.97 Å². The van der Waals surface area contributed by atoms with Crippen LogP contribution in [-0.4, -0.2) is 75.5 Å². The number of Topliss-reactive ketones (excluding diaryl/α,β-unsaturated/α-hetero) is 1. The van der Waals surface area contributed by atoms with E-state index in [4.69, 9.17) is 35.8 Å². The molecule has 1 N–H and O–H groups in total. The Kier molecular flexibility index (Phi) is 10.6. The molecule has 294 valence electrons. The molecule has 7 rings (SSSR count). The van der Waals surface area contributed by atoms with Crippen molar-refractivity contribution in [3.63, 3.8) is 0 Å². The first-order valence-corrected chi connectivity index (χ1v) is 20.5. The number of rotatable bonds is 14. The molecule has 13 heteroatoms. The smallest absolute Gasteiger partial charge is 0.310 e. The van der Waals surface area contributed by atoms with Gasteiger partial charge in [-0.2, -0.15) is 0 Å². The number of likely N-dealkylation sites (tertiary alicyclic amines) is 1. The second-order valence-electron chi connectivity index (χ2n) is 17.3. The molecule has 0 radical (unpaired) electrons. The van der Waals surface area contributed by atoms with E-state index in [1.54, 1.807) is 18.2 Å². The lowest BCUT2D eigenvalue weighted by atomic mass is 9.77. The number of methoxy groups -OCH3 is 1. The molecule has 0 spiro atoms. The van der Waals surface area contributed by atoms with E-state index in [9.17, 15) is 24.3 Å². The van der Waals surface area contributed by atoms with Crippen LogP contribution in [0.1, 0.15) is 91.2 Å². The van der Waals surface area contributed by atoms with Crippen LogP contribution in [0.2, 0.25) is 5.02 Å². The summed E-state index contributed by atoms with van der Waals surface area (Å²) in [6, 6.07) is 4.37. The standard InChI is InChI=1S/C42H50ClN3O8S/c1-8-24-17-42(24,40(50)51)18-32(47)31-14-26(19-46(31)39(49)28(41(4,5)6)15-35(48)54-25-12-22-11-23(22)13-25)53-34-16-29(38-45-30(20-55-38)21(2)3)44-37-27(34)9-10-33(52-7)36(37)43/h8-10,16,20-26,28,31H,1,11-15,17-19H2,2-7H3,(H,50,51)/t22-,23+,24-,25?,26-,28-,31+,42-/m1/s1. The highest BCUT2D eigenvalue weighted by atomic mass is 35.5. The molecular weight excluding hydrogens is 742 g/mol. The zero-order valence-corrected chi connectivity index (χ0v) is 33.9. The normalized spacial score (nSPS) is 27.5. The highest BCUT2D eigenvalue weighted by Gasteiger charge is 2.61. The summed E-state index contributed by atoms with van der Waals surface area (Å²) >= 11 is 8.28. The first-order chi connectivity index (χ1) is 26.0. The van der Waals surface area contributed by atoms with Gasteiger partial charge < -0.3 is 24.2 Å². The van der Waals surface area contributed by atoms with Crippen LogP contribution in [0.4, 0.5) is 0 Å². The number of thiazole rings is 1. The molecule has 1 saturated heterocycles. The third kappa shape index (κ3) is 7.73. The summed E-state index contributed by atoms with van der Waals surface area (Å²) in [5.41, 5.74) is 0.0225. The molecule has 4 aliphatic rings. The van der Waals surface area contributed by atoms with Crippen LogP contribution in [-0.2, 0) is 23.9 Å². The van der Waals surface area contributed by atoms with Crippen LogP contribution in [0.25, 0.3) is 21.6 Å². The van der Waals surface area contributed by atoms with Gasteiger partial charge in [-0.15, -0.1) is 17.9 Å². The predicted octanol–water partition coefficient (Wildman–Crippen LogP) is 8.12. The lowest BCUT2D eigenvalue weighted by Gasteiger charge is -2.35. The van der Waals surface area contributed by atoms with Crippen molar-refractivity contribution in [2.24, 2.45) is 34.5 Å². The van der Waals surface area contributed by atoms with E-state index >= 15 is 0 Å². The van der Waals surface area contributed by atoms with E-state index in [-0.39, 0.29) is 55.4 Å². The number of fused-ring (bicyclic) bond motifs is 2. The molecule has 55 heavy (non-hydrogen) atoms. The summed E-state index contributed by atoms with van der Waals surface area (Å²) in [5.74, 6) is -0.950. The Hall–Kier alpha value is -4.03. The quantitative estimate of drug-likeness (QED) is 0.126. The summed E-state index contributed by atoms with van der Waals surface area (Å²) in [7, 11) is 1.53. The number of benzene rings is 1. The Morgan fingerprint density at radius 2 is 1.82 bits per heavy atom. The van der Waals surface area contributed by atoms with Gasteiger partial charge in [0, 0.05) is 29.7 Å². The number of carbonyl (C=O) groups is 4. The maximum atomic E-state index is 14.7. The fraction of sp³-hybridized carbons (Fsp3) is 0.571. The number of allylic oxidation sites excluding steroid dienone is 1. The van der Waals surface area contributed by atoms with Gasteiger partial charge >= 0.3 is 11.9 Å². The molecule has 11 nitrogen and oxygen atoms in total. The Morgan fingerprint density at radius 3 is 2.42 bits per heavy atom. The first-order valence-electron chi connectivity index (χ1n) is 19.2. The Morgan fingerprint density at radius 1 is 1.09 bits per heavy atom. The van der Waals surface area contributed by atoms with Crippen molar-refractivity contribution in [2.45, 2.75) is 104 Å². The number of pyridine rings is 1. The summed E-state index contributed by atoms with van der Waals surface area (Å²) in [6.07, 6.45) is 3.80. The van der Waals surface area contributed by atoms with E-state index in [0.717, 1.165) is 18.5 Å². The van der Waals surface area contributed by atoms with Crippen LogP contribution in [0, 0.1) is 34.5 Å². The molecule has 1 aromatic carbocycles. The van der Waals surface area contributed by atoms with Gasteiger partial charge in [0.2, 0.25) is 5.91 Å². The van der Waals surface area contributed by atoms with Crippen molar-refractivity contribution in [3.8, 4) is 22.2 Å². The summed E-state index contributed by atoms with van der Waals surface area (Å²) in [5, 5.41) is 13.8. The fourth-order valence-electron chi connectivity index (χ4n) is 8.57. The second kappa shape index (κ2) is 14.8. The van der Waals surface area contributed by atoms with Crippen LogP contribution in [0.5, 0.6) is 11.5 Å². The van der Waals surface area contributed by atoms with Gasteiger partial charge in [-0.05, 0) is 66.9 Å². The number of carbonyl (C=O) groups excluding carboxylic acids is 3. The molecule has 3 saturated carbocycles.